The van der Waals surface area contributed by atoms with Crippen LogP contribution >= 0.6 is 0 Å². The molecule has 0 aliphatic heterocycles. The fraction of sp³-hybridized carbons (Fsp3) is 0.611. The first kappa shape index (κ1) is 16.8. The summed E-state index contributed by atoms with van der Waals surface area (Å²) in [6.45, 7) is 6.59. The Bertz CT molecular complexity index is 490. The SMILES string of the molecule is CCN(CCNC(=O)[C@H]1CCC[C@H](O)C1)c1cccc(C)c1. The van der Waals surface area contributed by atoms with Gasteiger partial charge in [0.15, 0.2) is 0 Å². The molecule has 4 heteroatoms. The summed E-state index contributed by atoms with van der Waals surface area (Å²) in [5.41, 5.74) is 2.45. The molecule has 1 saturated carbocycles. The number of aliphatic hydroxyl groups is 1. The number of carbonyl (C=O) groups is 1. The molecule has 0 heterocycles. The number of nitrogens with one attached hydrogen (secondary N) is 1. The smallest absolute Gasteiger partial charge is 0.223 e. The van der Waals surface area contributed by atoms with Crippen LogP contribution in [-0.4, -0.2) is 36.8 Å². The number of anilines is 1. The van der Waals surface area contributed by atoms with E-state index in [0.29, 0.717) is 13.0 Å². The summed E-state index contributed by atoms with van der Waals surface area (Å²) in [7, 11) is 0. The van der Waals surface area contributed by atoms with E-state index in [4.69, 9.17) is 0 Å². The summed E-state index contributed by atoms with van der Waals surface area (Å²) in [5.74, 6) is 0.0804. The topological polar surface area (TPSA) is 52.6 Å². The van der Waals surface area contributed by atoms with Crippen molar-refractivity contribution in [3.05, 3.63) is 29.8 Å². The van der Waals surface area contributed by atoms with Gasteiger partial charge in [0.25, 0.3) is 0 Å². The normalized spacial score (nSPS) is 21.4. The fourth-order valence-corrected chi connectivity index (χ4v) is 3.15. The Kier molecular flexibility index (Phi) is 6.25. The minimum absolute atomic E-state index is 0.0159. The van der Waals surface area contributed by atoms with Gasteiger partial charge in [0, 0.05) is 31.2 Å². The Balaban J connectivity index is 1.80. The van der Waals surface area contributed by atoms with Crippen molar-refractivity contribution in [2.45, 2.75) is 45.6 Å². The number of hydrogen-bond donors (Lipinski definition) is 2. The van der Waals surface area contributed by atoms with Crippen molar-refractivity contribution in [3.63, 3.8) is 0 Å². The molecule has 1 aromatic rings. The van der Waals surface area contributed by atoms with Crippen LogP contribution in [0.25, 0.3) is 0 Å². The first-order valence-corrected chi connectivity index (χ1v) is 8.37. The minimum atomic E-state index is -0.302. The van der Waals surface area contributed by atoms with Gasteiger partial charge in [0.05, 0.1) is 6.10 Å². The number of aryl methyl sites for hydroxylation is 1. The Morgan fingerprint density at radius 1 is 1.41 bits per heavy atom. The molecule has 0 radical (unpaired) electrons. The van der Waals surface area contributed by atoms with Crippen molar-refractivity contribution in [2.75, 3.05) is 24.5 Å². The standard InChI is InChI=1S/C18H28N2O2/c1-3-20(16-8-4-6-14(2)12-16)11-10-19-18(22)15-7-5-9-17(21)13-15/h4,6,8,12,15,17,21H,3,5,7,9-11,13H2,1-2H3,(H,19,22)/t15-,17-/m0/s1. The molecule has 1 aliphatic carbocycles. The first-order valence-electron chi connectivity index (χ1n) is 8.37. The Morgan fingerprint density at radius 2 is 2.23 bits per heavy atom. The molecule has 22 heavy (non-hydrogen) atoms. The third-order valence-electron chi connectivity index (χ3n) is 4.45. The fourth-order valence-electron chi connectivity index (χ4n) is 3.15. The van der Waals surface area contributed by atoms with Gasteiger partial charge >= 0.3 is 0 Å². The number of amides is 1. The molecule has 4 nitrogen and oxygen atoms in total. The predicted molar refractivity (Wildman–Crippen MR) is 90.0 cm³/mol. The average molecular weight is 304 g/mol. The Morgan fingerprint density at radius 3 is 2.91 bits per heavy atom. The Labute approximate surface area is 133 Å². The second-order valence-electron chi connectivity index (χ2n) is 6.23. The van der Waals surface area contributed by atoms with Crippen LogP contribution in [0.4, 0.5) is 5.69 Å². The first-order chi connectivity index (χ1) is 10.6. The highest BCUT2D eigenvalue weighted by Crippen LogP contribution is 2.24. The minimum Gasteiger partial charge on any atom is -0.393 e. The molecule has 1 amide bonds. The lowest BCUT2D eigenvalue weighted by molar-refractivity contribution is -0.127. The van der Waals surface area contributed by atoms with Crippen LogP contribution in [0.2, 0.25) is 0 Å². The van der Waals surface area contributed by atoms with Gasteiger partial charge in [-0.25, -0.2) is 0 Å². The zero-order valence-electron chi connectivity index (χ0n) is 13.7. The van der Waals surface area contributed by atoms with E-state index in [9.17, 15) is 9.90 Å². The molecule has 1 fully saturated rings. The van der Waals surface area contributed by atoms with Gasteiger partial charge in [-0.2, -0.15) is 0 Å². The molecule has 2 atom stereocenters. The highest BCUT2D eigenvalue weighted by molar-refractivity contribution is 5.78. The van der Waals surface area contributed by atoms with Crippen molar-refractivity contribution in [2.24, 2.45) is 5.92 Å². The van der Waals surface area contributed by atoms with E-state index in [0.717, 1.165) is 32.4 Å². The summed E-state index contributed by atoms with van der Waals surface area (Å²) in [6, 6.07) is 8.43. The van der Waals surface area contributed by atoms with E-state index in [2.05, 4.69) is 48.3 Å². The molecule has 2 N–H and O–H groups in total. The molecule has 0 bridgehead atoms. The van der Waals surface area contributed by atoms with E-state index in [1.165, 1.54) is 11.3 Å². The molecule has 0 spiro atoms. The summed E-state index contributed by atoms with van der Waals surface area (Å²) in [4.78, 5) is 14.4. The third kappa shape index (κ3) is 4.73. The number of nitrogens with zero attached hydrogens (tertiary/aromatic N) is 1. The van der Waals surface area contributed by atoms with Crippen LogP contribution in [-0.2, 0) is 4.79 Å². The molecule has 1 aliphatic rings. The van der Waals surface area contributed by atoms with Crippen molar-refractivity contribution in [3.8, 4) is 0 Å². The highest BCUT2D eigenvalue weighted by Gasteiger charge is 2.25. The average Bonchev–Trinajstić information content (AvgIpc) is 2.51. The third-order valence-corrected chi connectivity index (χ3v) is 4.45. The van der Waals surface area contributed by atoms with Gasteiger partial charge in [-0.1, -0.05) is 18.6 Å². The van der Waals surface area contributed by atoms with Crippen LogP contribution < -0.4 is 10.2 Å². The number of likely N-dealkylation sites (N-methyl/N-ethyl adjacent to an activating group) is 1. The summed E-state index contributed by atoms with van der Waals surface area (Å²) >= 11 is 0. The summed E-state index contributed by atoms with van der Waals surface area (Å²) in [6.07, 6.45) is 2.99. The molecular formula is C18H28N2O2. The maximum atomic E-state index is 12.2. The molecule has 122 valence electrons. The molecule has 0 aromatic heterocycles. The predicted octanol–water partition coefficient (Wildman–Crippen LogP) is 2.49. The number of benzene rings is 1. The van der Waals surface area contributed by atoms with Crippen molar-refractivity contribution >= 4 is 11.6 Å². The summed E-state index contributed by atoms with van der Waals surface area (Å²) in [5, 5.41) is 12.7. The van der Waals surface area contributed by atoms with Crippen LogP contribution in [0.3, 0.4) is 0 Å². The molecule has 0 saturated heterocycles. The maximum absolute atomic E-state index is 12.2. The van der Waals surface area contributed by atoms with Crippen molar-refractivity contribution in [1.82, 2.24) is 5.32 Å². The number of hydrogen-bond acceptors (Lipinski definition) is 3. The molecule has 1 aromatic carbocycles. The zero-order chi connectivity index (χ0) is 15.9. The molecular weight excluding hydrogens is 276 g/mol. The largest absolute Gasteiger partial charge is 0.393 e. The van der Waals surface area contributed by atoms with Crippen LogP contribution in [0.15, 0.2) is 24.3 Å². The van der Waals surface area contributed by atoms with E-state index < -0.39 is 0 Å². The number of rotatable bonds is 6. The van der Waals surface area contributed by atoms with Gasteiger partial charge in [0.1, 0.15) is 0 Å². The van der Waals surface area contributed by atoms with Gasteiger partial charge in [0.2, 0.25) is 5.91 Å². The Hall–Kier alpha value is -1.55. The quantitative estimate of drug-likeness (QED) is 0.849. The lowest BCUT2D eigenvalue weighted by atomic mass is 9.87. The summed E-state index contributed by atoms with van der Waals surface area (Å²) < 4.78 is 0. The van der Waals surface area contributed by atoms with Crippen molar-refractivity contribution in [1.29, 1.82) is 0 Å². The van der Waals surface area contributed by atoms with Crippen LogP contribution in [0, 0.1) is 12.8 Å². The van der Waals surface area contributed by atoms with Gasteiger partial charge in [-0.15, -0.1) is 0 Å². The zero-order valence-corrected chi connectivity index (χ0v) is 13.7. The van der Waals surface area contributed by atoms with E-state index >= 15 is 0 Å². The second kappa shape index (κ2) is 8.18. The van der Waals surface area contributed by atoms with Crippen LogP contribution in [0.1, 0.15) is 38.2 Å². The van der Waals surface area contributed by atoms with Gasteiger partial charge < -0.3 is 15.3 Å². The highest BCUT2D eigenvalue weighted by atomic mass is 16.3. The maximum Gasteiger partial charge on any atom is 0.223 e. The lowest BCUT2D eigenvalue weighted by Gasteiger charge is -2.26. The van der Waals surface area contributed by atoms with Crippen LogP contribution in [0.5, 0.6) is 0 Å². The van der Waals surface area contributed by atoms with Crippen molar-refractivity contribution < 1.29 is 9.90 Å². The lowest BCUT2D eigenvalue weighted by Crippen LogP contribution is -2.39. The molecule has 2 rings (SSSR count). The van der Waals surface area contributed by atoms with E-state index in [1.807, 2.05) is 0 Å². The number of aliphatic hydroxyl groups excluding tert-OH is 1. The van der Waals surface area contributed by atoms with E-state index in [1.54, 1.807) is 0 Å². The van der Waals surface area contributed by atoms with Gasteiger partial charge in [-0.05, 0) is 50.8 Å². The second-order valence-corrected chi connectivity index (χ2v) is 6.23. The number of carbonyl (C=O) groups excluding carboxylic acids is 1. The monoisotopic (exact) mass is 304 g/mol. The molecule has 0 unspecified atom stereocenters. The van der Waals surface area contributed by atoms with E-state index in [-0.39, 0.29) is 17.9 Å². The van der Waals surface area contributed by atoms with Gasteiger partial charge in [-0.3, -0.25) is 4.79 Å².